The van der Waals surface area contributed by atoms with Gasteiger partial charge in [0.05, 0.1) is 19.8 Å². The molecular weight excluding hydrogens is 222 g/mol. The number of ether oxygens (including phenoxy) is 2. The van der Waals surface area contributed by atoms with Crippen LogP contribution in [0.2, 0.25) is 0 Å². The van der Waals surface area contributed by atoms with Crippen molar-refractivity contribution in [1.82, 2.24) is 4.90 Å². The second kappa shape index (κ2) is 7.27. The Morgan fingerprint density at radius 3 is 2.53 bits per heavy atom. The minimum absolute atomic E-state index is 0.178. The summed E-state index contributed by atoms with van der Waals surface area (Å²) < 4.78 is 9.92. The van der Waals surface area contributed by atoms with Gasteiger partial charge < -0.3 is 9.47 Å². The lowest BCUT2D eigenvalue weighted by Crippen LogP contribution is -2.47. The molecule has 1 fully saturated rings. The van der Waals surface area contributed by atoms with E-state index in [9.17, 15) is 9.59 Å². The van der Waals surface area contributed by atoms with Gasteiger partial charge in [-0.3, -0.25) is 14.5 Å². The molecule has 1 aliphatic heterocycles. The second-order valence-corrected chi connectivity index (χ2v) is 4.04. The highest BCUT2D eigenvalue weighted by Crippen LogP contribution is 2.18. The van der Waals surface area contributed by atoms with Crippen LogP contribution in [-0.2, 0) is 19.1 Å². The zero-order valence-electron chi connectivity index (χ0n) is 10.6. The Labute approximate surface area is 102 Å². The SMILES string of the molecule is CCOC(=O)CN1CCCC[C@H]1C(=O)OCC. The number of piperidine rings is 1. The lowest BCUT2D eigenvalue weighted by molar-refractivity contribution is -0.154. The Hall–Kier alpha value is -1.10. The van der Waals surface area contributed by atoms with Crippen LogP contribution in [0.15, 0.2) is 0 Å². The highest BCUT2D eigenvalue weighted by Gasteiger charge is 2.31. The molecule has 17 heavy (non-hydrogen) atoms. The van der Waals surface area contributed by atoms with Crippen molar-refractivity contribution < 1.29 is 19.1 Å². The number of hydrogen-bond donors (Lipinski definition) is 0. The quantitative estimate of drug-likeness (QED) is 0.673. The predicted octanol–water partition coefficient (Wildman–Crippen LogP) is 0.967. The first-order chi connectivity index (χ1) is 8.19. The van der Waals surface area contributed by atoms with E-state index in [1.54, 1.807) is 13.8 Å². The van der Waals surface area contributed by atoms with Gasteiger partial charge in [-0.05, 0) is 33.2 Å². The number of hydrogen-bond acceptors (Lipinski definition) is 5. The van der Waals surface area contributed by atoms with Crippen molar-refractivity contribution >= 4 is 11.9 Å². The number of carbonyl (C=O) groups is 2. The fourth-order valence-electron chi connectivity index (χ4n) is 2.06. The summed E-state index contributed by atoms with van der Waals surface area (Å²) in [6.45, 7) is 5.24. The molecule has 0 unspecified atom stereocenters. The maximum Gasteiger partial charge on any atom is 0.323 e. The molecule has 0 aromatic heterocycles. The van der Waals surface area contributed by atoms with Crippen molar-refractivity contribution in [2.45, 2.75) is 39.2 Å². The Balaban J connectivity index is 2.53. The Kier molecular flexibility index (Phi) is 5.97. The van der Waals surface area contributed by atoms with Crippen LogP contribution in [0, 0.1) is 0 Å². The maximum absolute atomic E-state index is 11.7. The molecule has 98 valence electrons. The topological polar surface area (TPSA) is 55.8 Å². The summed E-state index contributed by atoms with van der Waals surface area (Å²) in [6.07, 6.45) is 2.77. The molecule has 0 bridgehead atoms. The molecule has 0 aliphatic carbocycles. The van der Waals surface area contributed by atoms with E-state index in [0.717, 1.165) is 25.8 Å². The summed E-state index contributed by atoms with van der Waals surface area (Å²) in [5, 5.41) is 0. The van der Waals surface area contributed by atoms with Crippen molar-refractivity contribution in [2.24, 2.45) is 0 Å². The van der Waals surface area contributed by atoms with E-state index in [1.165, 1.54) is 0 Å². The van der Waals surface area contributed by atoms with E-state index in [2.05, 4.69) is 0 Å². The summed E-state index contributed by atoms with van der Waals surface area (Å²) in [7, 11) is 0. The molecule has 1 aliphatic rings. The maximum atomic E-state index is 11.7. The summed E-state index contributed by atoms with van der Waals surface area (Å²) in [5.41, 5.74) is 0. The monoisotopic (exact) mass is 243 g/mol. The van der Waals surface area contributed by atoms with E-state index < -0.39 is 0 Å². The smallest absolute Gasteiger partial charge is 0.323 e. The van der Waals surface area contributed by atoms with E-state index in [4.69, 9.17) is 9.47 Å². The van der Waals surface area contributed by atoms with Crippen LogP contribution in [-0.4, -0.2) is 49.2 Å². The molecular formula is C12H21NO4. The van der Waals surface area contributed by atoms with Crippen molar-refractivity contribution in [1.29, 1.82) is 0 Å². The first-order valence-corrected chi connectivity index (χ1v) is 6.25. The van der Waals surface area contributed by atoms with Crippen LogP contribution in [0.1, 0.15) is 33.1 Å². The fraction of sp³-hybridized carbons (Fsp3) is 0.833. The standard InChI is InChI=1S/C12H21NO4/c1-3-16-11(14)9-13-8-6-5-7-10(13)12(15)17-4-2/h10H,3-9H2,1-2H3/t10-/m0/s1. The summed E-state index contributed by atoms with van der Waals surface area (Å²) in [5.74, 6) is -0.500. The zero-order chi connectivity index (χ0) is 12.7. The van der Waals surface area contributed by atoms with Gasteiger partial charge in [-0.1, -0.05) is 6.42 Å². The van der Waals surface area contributed by atoms with Gasteiger partial charge in [-0.25, -0.2) is 0 Å². The molecule has 0 aromatic carbocycles. The van der Waals surface area contributed by atoms with Crippen molar-refractivity contribution in [3.8, 4) is 0 Å². The van der Waals surface area contributed by atoms with Crippen LogP contribution in [0.3, 0.4) is 0 Å². The summed E-state index contributed by atoms with van der Waals surface area (Å²) >= 11 is 0. The molecule has 0 radical (unpaired) electrons. The van der Waals surface area contributed by atoms with Gasteiger partial charge in [0.25, 0.3) is 0 Å². The Bertz CT molecular complexity index is 267. The van der Waals surface area contributed by atoms with Gasteiger partial charge in [-0.15, -0.1) is 0 Å². The summed E-state index contributed by atoms with van der Waals surface area (Å²) in [6, 6.07) is -0.284. The molecule has 5 nitrogen and oxygen atoms in total. The van der Waals surface area contributed by atoms with Gasteiger partial charge in [0.15, 0.2) is 0 Å². The van der Waals surface area contributed by atoms with Gasteiger partial charge in [-0.2, -0.15) is 0 Å². The lowest BCUT2D eigenvalue weighted by atomic mass is 10.0. The minimum atomic E-state index is -0.284. The average molecular weight is 243 g/mol. The molecule has 1 heterocycles. The third kappa shape index (κ3) is 4.34. The molecule has 0 amide bonds. The molecule has 0 N–H and O–H groups in total. The lowest BCUT2D eigenvalue weighted by Gasteiger charge is -2.32. The fourth-order valence-corrected chi connectivity index (χ4v) is 2.06. The number of carbonyl (C=O) groups excluding carboxylic acids is 2. The highest BCUT2D eigenvalue weighted by atomic mass is 16.5. The predicted molar refractivity (Wildman–Crippen MR) is 62.5 cm³/mol. The minimum Gasteiger partial charge on any atom is -0.465 e. The molecule has 1 saturated heterocycles. The van der Waals surface area contributed by atoms with E-state index >= 15 is 0 Å². The van der Waals surface area contributed by atoms with Gasteiger partial charge in [0.1, 0.15) is 6.04 Å². The van der Waals surface area contributed by atoms with E-state index in [1.807, 2.05) is 4.90 Å². The Morgan fingerprint density at radius 2 is 1.88 bits per heavy atom. The van der Waals surface area contributed by atoms with E-state index in [0.29, 0.717) is 13.2 Å². The third-order valence-corrected chi connectivity index (χ3v) is 2.81. The van der Waals surface area contributed by atoms with E-state index in [-0.39, 0.29) is 24.5 Å². The number of likely N-dealkylation sites (tertiary alicyclic amines) is 1. The van der Waals surface area contributed by atoms with Crippen LogP contribution in [0.5, 0.6) is 0 Å². The third-order valence-electron chi connectivity index (χ3n) is 2.81. The van der Waals surface area contributed by atoms with Gasteiger partial charge in [0, 0.05) is 0 Å². The van der Waals surface area contributed by atoms with Crippen LogP contribution in [0.25, 0.3) is 0 Å². The molecule has 5 heteroatoms. The molecule has 0 saturated carbocycles. The second-order valence-electron chi connectivity index (χ2n) is 4.04. The van der Waals surface area contributed by atoms with Crippen molar-refractivity contribution in [2.75, 3.05) is 26.3 Å². The van der Waals surface area contributed by atoms with Gasteiger partial charge in [0.2, 0.25) is 0 Å². The van der Waals surface area contributed by atoms with Crippen molar-refractivity contribution in [3.05, 3.63) is 0 Å². The zero-order valence-corrected chi connectivity index (χ0v) is 10.6. The van der Waals surface area contributed by atoms with Crippen molar-refractivity contribution in [3.63, 3.8) is 0 Å². The molecule has 0 spiro atoms. The average Bonchev–Trinajstić information content (AvgIpc) is 2.30. The molecule has 1 atom stereocenters. The van der Waals surface area contributed by atoms with Crippen LogP contribution >= 0.6 is 0 Å². The molecule has 0 aromatic rings. The largest absolute Gasteiger partial charge is 0.465 e. The molecule has 1 rings (SSSR count). The Morgan fingerprint density at radius 1 is 1.18 bits per heavy atom. The first kappa shape index (κ1) is 14.0. The number of rotatable bonds is 5. The number of esters is 2. The van der Waals surface area contributed by atoms with Crippen LogP contribution < -0.4 is 0 Å². The van der Waals surface area contributed by atoms with Gasteiger partial charge >= 0.3 is 11.9 Å². The highest BCUT2D eigenvalue weighted by molar-refractivity contribution is 5.78. The normalized spacial score (nSPS) is 20.9. The first-order valence-electron chi connectivity index (χ1n) is 6.25. The summed E-state index contributed by atoms with van der Waals surface area (Å²) in [4.78, 5) is 25.0. The van der Waals surface area contributed by atoms with Crippen LogP contribution in [0.4, 0.5) is 0 Å². The number of nitrogens with zero attached hydrogens (tertiary/aromatic N) is 1.